The summed E-state index contributed by atoms with van der Waals surface area (Å²) >= 11 is 0. The van der Waals surface area contributed by atoms with E-state index in [0.29, 0.717) is 34.1 Å². The highest BCUT2D eigenvalue weighted by molar-refractivity contribution is 5.47. The Kier molecular flexibility index (Phi) is 4.59. The van der Waals surface area contributed by atoms with E-state index in [9.17, 15) is 20.2 Å². The molecular formula is C21H21N3O8. The lowest BCUT2D eigenvalue weighted by atomic mass is 9.66. The van der Waals surface area contributed by atoms with Crippen molar-refractivity contribution in [1.29, 1.82) is 0 Å². The standard InChI is InChI=1S/C21H21N3O8/c1-21(2)19(23(25)26)17(11-3-5-13-15(7-11)31-9-29-13)22-18(20(21)24(27)28)12-4-6-14-16(8-12)32-10-30-14/h3-8,17-20,22H,9-10H2,1-2H3/t17-,18+,19-,20+. The number of nitrogens with zero attached hydrogens (tertiary/aromatic N) is 2. The predicted octanol–water partition coefficient (Wildman–Crippen LogP) is 2.85. The summed E-state index contributed by atoms with van der Waals surface area (Å²) < 4.78 is 21.6. The van der Waals surface area contributed by atoms with Crippen LogP contribution in [0, 0.1) is 25.6 Å². The maximum atomic E-state index is 12.2. The SMILES string of the molecule is CC1(C)[C@@H]([N+](=O)[O-])[C@H](c2ccc3c(c2)OCO3)N[C@H](c2ccc3c(c2)OCO3)[C@H]1[N+](=O)[O-]. The minimum atomic E-state index is -1.29. The van der Waals surface area contributed by atoms with Crippen LogP contribution in [-0.4, -0.2) is 35.5 Å². The van der Waals surface area contributed by atoms with E-state index in [4.69, 9.17) is 18.9 Å². The van der Waals surface area contributed by atoms with Gasteiger partial charge in [0.05, 0.1) is 0 Å². The zero-order valence-corrected chi connectivity index (χ0v) is 17.3. The van der Waals surface area contributed by atoms with Gasteiger partial charge in [-0.3, -0.25) is 25.5 Å². The van der Waals surface area contributed by atoms with Crippen molar-refractivity contribution in [3.63, 3.8) is 0 Å². The van der Waals surface area contributed by atoms with Crippen molar-refractivity contribution < 1.29 is 28.8 Å². The first-order valence-electron chi connectivity index (χ1n) is 10.1. The van der Waals surface area contributed by atoms with E-state index in [-0.39, 0.29) is 13.6 Å². The first kappa shape index (κ1) is 20.3. The highest BCUT2D eigenvalue weighted by Gasteiger charge is 2.63. The van der Waals surface area contributed by atoms with Crippen molar-refractivity contribution in [2.24, 2.45) is 5.41 Å². The molecule has 2 aromatic rings. The third-order valence-corrected chi connectivity index (χ3v) is 6.48. The third-order valence-electron chi connectivity index (χ3n) is 6.48. The fourth-order valence-corrected chi connectivity index (χ4v) is 4.97. The number of nitro groups is 2. The van der Waals surface area contributed by atoms with Gasteiger partial charge in [0.2, 0.25) is 25.7 Å². The van der Waals surface area contributed by atoms with Gasteiger partial charge in [-0.25, -0.2) is 0 Å². The number of benzene rings is 2. The second-order valence-corrected chi connectivity index (χ2v) is 8.63. The van der Waals surface area contributed by atoms with E-state index >= 15 is 0 Å². The fourth-order valence-electron chi connectivity index (χ4n) is 4.97. The van der Waals surface area contributed by atoms with Gasteiger partial charge in [0.1, 0.15) is 17.5 Å². The molecule has 2 aromatic carbocycles. The smallest absolute Gasteiger partial charge is 0.243 e. The lowest BCUT2D eigenvalue weighted by Gasteiger charge is -2.44. The number of nitrogens with one attached hydrogen (secondary N) is 1. The molecule has 3 aliphatic rings. The molecule has 1 saturated heterocycles. The molecule has 0 radical (unpaired) electrons. The zero-order valence-electron chi connectivity index (χ0n) is 17.3. The highest BCUT2D eigenvalue weighted by atomic mass is 16.7. The van der Waals surface area contributed by atoms with Gasteiger partial charge in [0.15, 0.2) is 23.0 Å². The van der Waals surface area contributed by atoms with Crippen LogP contribution in [0.3, 0.4) is 0 Å². The van der Waals surface area contributed by atoms with Crippen molar-refractivity contribution >= 4 is 0 Å². The van der Waals surface area contributed by atoms with Crippen LogP contribution in [-0.2, 0) is 0 Å². The number of piperidine rings is 1. The Balaban J connectivity index is 1.62. The molecule has 1 N–H and O–H groups in total. The van der Waals surface area contributed by atoms with Crippen LogP contribution >= 0.6 is 0 Å². The Morgan fingerprint density at radius 3 is 1.59 bits per heavy atom. The summed E-state index contributed by atoms with van der Waals surface area (Å²) in [5.41, 5.74) is -0.103. The van der Waals surface area contributed by atoms with Gasteiger partial charge >= 0.3 is 0 Å². The maximum absolute atomic E-state index is 12.2. The fraction of sp³-hybridized carbons (Fsp3) is 0.429. The maximum Gasteiger partial charge on any atom is 0.243 e. The summed E-state index contributed by atoms with van der Waals surface area (Å²) in [6.07, 6.45) is 0. The lowest BCUT2D eigenvalue weighted by molar-refractivity contribution is -0.605. The molecule has 5 rings (SSSR count). The van der Waals surface area contributed by atoms with Crippen molar-refractivity contribution in [1.82, 2.24) is 5.32 Å². The molecule has 1 fully saturated rings. The Hall–Kier alpha value is -3.60. The van der Waals surface area contributed by atoms with Crippen molar-refractivity contribution in [2.75, 3.05) is 13.6 Å². The summed E-state index contributed by atoms with van der Waals surface area (Å²) in [6.45, 7) is 3.30. The number of fused-ring (bicyclic) bond motifs is 2. The predicted molar refractivity (Wildman–Crippen MR) is 109 cm³/mol. The monoisotopic (exact) mass is 443 g/mol. The van der Waals surface area contributed by atoms with Crippen LogP contribution < -0.4 is 24.3 Å². The molecule has 3 aliphatic heterocycles. The molecule has 0 aliphatic carbocycles. The Morgan fingerprint density at radius 1 is 0.781 bits per heavy atom. The second-order valence-electron chi connectivity index (χ2n) is 8.63. The minimum absolute atomic E-state index is 0.0737. The summed E-state index contributed by atoms with van der Waals surface area (Å²) in [5, 5.41) is 27.6. The van der Waals surface area contributed by atoms with Crippen LogP contribution in [0.15, 0.2) is 36.4 Å². The summed E-state index contributed by atoms with van der Waals surface area (Å²) in [4.78, 5) is 23.5. The van der Waals surface area contributed by atoms with Gasteiger partial charge < -0.3 is 18.9 Å². The zero-order chi connectivity index (χ0) is 22.6. The summed E-state index contributed by atoms with van der Waals surface area (Å²) in [7, 11) is 0. The van der Waals surface area contributed by atoms with Crippen LogP contribution in [0.1, 0.15) is 37.1 Å². The van der Waals surface area contributed by atoms with Crippen LogP contribution in [0.5, 0.6) is 23.0 Å². The molecule has 0 amide bonds. The van der Waals surface area contributed by atoms with Crippen molar-refractivity contribution in [3.05, 3.63) is 67.8 Å². The van der Waals surface area contributed by atoms with E-state index in [0.717, 1.165) is 0 Å². The first-order chi connectivity index (χ1) is 15.3. The van der Waals surface area contributed by atoms with Crippen molar-refractivity contribution in [2.45, 2.75) is 38.0 Å². The van der Waals surface area contributed by atoms with Crippen LogP contribution in [0.25, 0.3) is 0 Å². The Bertz CT molecular complexity index is 1020. The van der Waals surface area contributed by atoms with Gasteiger partial charge in [-0.1, -0.05) is 12.1 Å². The molecule has 168 valence electrons. The molecule has 0 unspecified atom stereocenters. The van der Waals surface area contributed by atoms with E-state index < -0.39 is 39.4 Å². The summed E-state index contributed by atoms with van der Waals surface area (Å²) in [6, 6.07) is 6.08. The molecule has 4 atom stereocenters. The van der Waals surface area contributed by atoms with Gasteiger partial charge in [-0.2, -0.15) is 0 Å². The highest BCUT2D eigenvalue weighted by Crippen LogP contribution is 2.49. The Morgan fingerprint density at radius 2 is 1.19 bits per heavy atom. The average molecular weight is 443 g/mol. The average Bonchev–Trinajstić information content (AvgIpc) is 3.39. The quantitative estimate of drug-likeness (QED) is 0.559. The molecule has 0 spiro atoms. The number of hydrogen-bond acceptors (Lipinski definition) is 9. The Labute approximate surface area is 182 Å². The second kappa shape index (κ2) is 7.23. The number of hydrogen-bond donors (Lipinski definition) is 1. The van der Waals surface area contributed by atoms with Gasteiger partial charge in [0, 0.05) is 9.85 Å². The molecule has 0 bridgehead atoms. The van der Waals surface area contributed by atoms with E-state index in [2.05, 4.69) is 5.32 Å². The third kappa shape index (κ3) is 3.08. The van der Waals surface area contributed by atoms with Crippen LogP contribution in [0.2, 0.25) is 0 Å². The molecule has 3 heterocycles. The molecule has 0 aromatic heterocycles. The first-order valence-corrected chi connectivity index (χ1v) is 10.1. The van der Waals surface area contributed by atoms with E-state index in [1.807, 2.05) is 0 Å². The molecule has 11 nitrogen and oxygen atoms in total. The van der Waals surface area contributed by atoms with Gasteiger partial charge in [-0.05, 0) is 49.2 Å². The number of ether oxygens (including phenoxy) is 4. The molecule has 0 saturated carbocycles. The number of rotatable bonds is 4. The minimum Gasteiger partial charge on any atom is -0.454 e. The largest absolute Gasteiger partial charge is 0.454 e. The molecule has 11 heteroatoms. The molecular weight excluding hydrogens is 422 g/mol. The normalized spacial score (nSPS) is 27.2. The van der Waals surface area contributed by atoms with Crippen molar-refractivity contribution in [3.8, 4) is 23.0 Å². The van der Waals surface area contributed by atoms with Crippen LogP contribution in [0.4, 0.5) is 0 Å². The molecule has 32 heavy (non-hydrogen) atoms. The van der Waals surface area contributed by atoms with Gasteiger partial charge in [0.25, 0.3) is 0 Å². The summed E-state index contributed by atoms with van der Waals surface area (Å²) in [5.74, 6) is 2.08. The topological polar surface area (TPSA) is 135 Å². The lowest BCUT2D eigenvalue weighted by Crippen LogP contribution is -2.63. The van der Waals surface area contributed by atoms with Gasteiger partial charge in [-0.15, -0.1) is 0 Å². The van der Waals surface area contributed by atoms with E-state index in [1.165, 1.54) is 0 Å². The van der Waals surface area contributed by atoms with E-state index in [1.54, 1.807) is 50.2 Å².